The second kappa shape index (κ2) is 5.91. The van der Waals surface area contributed by atoms with Gasteiger partial charge in [-0.25, -0.2) is 0 Å². The van der Waals surface area contributed by atoms with E-state index in [4.69, 9.17) is 11.5 Å². The van der Waals surface area contributed by atoms with Crippen molar-refractivity contribution in [1.82, 2.24) is 0 Å². The van der Waals surface area contributed by atoms with Crippen LogP contribution in [-0.2, 0) is 4.79 Å². The van der Waals surface area contributed by atoms with Gasteiger partial charge in [0.05, 0.1) is 0 Å². The number of carbonyl (C=O) groups excluding carboxylic acids is 1. The zero-order valence-corrected chi connectivity index (χ0v) is 13.6. The van der Waals surface area contributed by atoms with Gasteiger partial charge in [-0.3, -0.25) is 4.79 Å². The number of fused-ring (bicyclic) bond motifs is 4. The molecule has 0 aromatic heterocycles. The lowest BCUT2D eigenvalue weighted by Gasteiger charge is -2.26. The molecule has 120 valence electrons. The monoisotopic (exact) mass is 292 g/mol. The summed E-state index contributed by atoms with van der Waals surface area (Å²) in [5.41, 5.74) is 11.0. The number of hydrogen-bond acceptors (Lipinski definition) is 2. The molecule has 8 unspecified atom stereocenters. The first-order valence-electron chi connectivity index (χ1n) is 9.02. The highest BCUT2D eigenvalue weighted by Crippen LogP contribution is 2.52. The predicted molar refractivity (Wildman–Crippen MR) is 85.2 cm³/mol. The van der Waals surface area contributed by atoms with E-state index in [9.17, 15) is 4.79 Å². The minimum absolute atomic E-state index is 0.0651. The summed E-state index contributed by atoms with van der Waals surface area (Å²) in [4.78, 5) is 11.0. The van der Waals surface area contributed by atoms with Gasteiger partial charge in [0, 0.05) is 5.92 Å². The van der Waals surface area contributed by atoms with Crippen LogP contribution in [0.15, 0.2) is 0 Å². The summed E-state index contributed by atoms with van der Waals surface area (Å²) in [6.07, 6.45) is 8.27. The van der Waals surface area contributed by atoms with Crippen LogP contribution >= 0.6 is 0 Å². The van der Waals surface area contributed by atoms with Gasteiger partial charge in [-0.15, -0.1) is 0 Å². The van der Waals surface area contributed by atoms with E-state index in [1.54, 1.807) is 0 Å². The topological polar surface area (TPSA) is 69.1 Å². The van der Waals surface area contributed by atoms with Crippen molar-refractivity contribution in [2.24, 2.45) is 58.8 Å². The van der Waals surface area contributed by atoms with Crippen LogP contribution in [0.1, 0.15) is 52.4 Å². The van der Waals surface area contributed by atoms with Gasteiger partial charge in [0.25, 0.3) is 0 Å². The Morgan fingerprint density at radius 1 is 0.905 bits per heavy atom. The van der Waals surface area contributed by atoms with Crippen molar-refractivity contribution in [3.63, 3.8) is 0 Å². The van der Waals surface area contributed by atoms with Gasteiger partial charge in [-0.05, 0) is 86.5 Å². The molecule has 0 saturated heterocycles. The molecule has 1 amide bonds. The first kappa shape index (κ1) is 15.3. The molecule has 0 radical (unpaired) electrons. The van der Waals surface area contributed by atoms with E-state index in [1.807, 2.05) is 0 Å². The van der Waals surface area contributed by atoms with Crippen molar-refractivity contribution >= 4 is 5.91 Å². The Morgan fingerprint density at radius 3 is 1.76 bits per heavy atom. The summed E-state index contributed by atoms with van der Waals surface area (Å²) < 4.78 is 0. The molecular weight excluding hydrogens is 260 g/mol. The lowest BCUT2D eigenvalue weighted by atomic mass is 9.80. The molecule has 4 fully saturated rings. The Hall–Kier alpha value is -0.570. The molecule has 0 heterocycles. The van der Waals surface area contributed by atoms with Gasteiger partial charge in [0.15, 0.2) is 0 Å². The largest absolute Gasteiger partial charge is 0.369 e. The van der Waals surface area contributed by atoms with Crippen LogP contribution in [0.25, 0.3) is 0 Å². The van der Waals surface area contributed by atoms with Crippen LogP contribution < -0.4 is 11.5 Å². The lowest BCUT2D eigenvalue weighted by Crippen LogP contribution is -2.32. The molecule has 0 spiro atoms. The summed E-state index contributed by atoms with van der Waals surface area (Å²) in [5.74, 6) is 5.99. The van der Waals surface area contributed by atoms with Gasteiger partial charge in [-0.1, -0.05) is 13.8 Å². The van der Waals surface area contributed by atoms with Crippen LogP contribution in [0.5, 0.6) is 0 Å². The molecule has 4 N–H and O–H groups in total. The van der Waals surface area contributed by atoms with Crippen LogP contribution in [-0.4, -0.2) is 12.5 Å². The van der Waals surface area contributed by atoms with Gasteiger partial charge in [0.1, 0.15) is 0 Å². The summed E-state index contributed by atoms with van der Waals surface area (Å²) in [6.45, 7) is 5.50. The number of amides is 1. The minimum atomic E-state index is -0.0651. The predicted octanol–water partition coefficient (Wildman–Crippen LogP) is 2.78. The highest BCUT2D eigenvalue weighted by Gasteiger charge is 2.47. The van der Waals surface area contributed by atoms with E-state index in [-0.39, 0.29) is 11.8 Å². The molecule has 21 heavy (non-hydrogen) atoms. The Labute approximate surface area is 129 Å². The molecule has 8 atom stereocenters. The van der Waals surface area contributed by atoms with Crippen molar-refractivity contribution in [3.8, 4) is 0 Å². The maximum absolute atomic E-state index is 11.0. The molecular formula is C18H32N2O. The maximum Gasteiger partial charge on any atom is 0.221 e. The zero-order chi connectivity index (χ0) is 15.1. The Bertz CT molecular complexity index is 393. The van der Waals surface area contributed by atoms with E-state index < -0.39 is 0 Å². The van der Waals surface area contributed by atoms with Gasteiger partial charge in [-0.2, -0.15) is 0 Å². The van der Waals surface area contributed by atoms with Crippen LogP contribution in [0, 0.1) is 47.3 Å². The van der Waals surface area contributed by atoms with Crippen molar-refractivity contribution in [2.75, 3.05) is 6.54 Å². The van der Waals surface area contributed by atoms with Gasteiger partial charge >= 0.3 is 0 Å². The SMILES string of the molecule is CC1C2CCC(C2)C1C(N)=O.CC1C2CCC(C2)C1CN. The van der Waals surface area contributed by atoms with Crippen molar-refractivity contribution in [2.45, 2.75) is 52.4 Å². The van der Waals surface area contributed by atoms with E-state index in [0.717, 1.165) is 36.1 Å². The number of carbonyl (C=O) groups is 1. The highest BCUT2D eigenvalue weighted by molar-refractivity contribution is 5.77. The van der Waals surface area contributed by atoms with Crippen molar-refractivity contribution in [3.05, 3.63) is 0 Å². The third-order valence-electron chi connectivity index (χ3n) is 7.47. The van der Waals surface area contributed by atoms with Crippen molar-refractivity contribution in [1.29, 1.82) is 0 Å². The van der Waals surface area contributed by atoms with E-state index >= 15 is 0 Å². The fourth-order valence-electron chi connectivity index (χ4n) is 6.18. The second-order valence-corrected chi connectivity index (χ2v) is 8.21. The first-order chi connectivity index (χ1) is 10.0. The second-order valence-electron chi connectivity index (χ2n) is 8.21. The summed E-state index contributed by atoms with van der Waals surface area (Å²) in [5, 5.41) is 0. The van der Waals surface area contributed by atoms with E-state index in [2.05, 4.69) is 13.8 Å². The van der Waals surface area contributed by atoms with Gasteiger partial charge in [0.2, 0.25) is 5.91 Å². The number of primary amides is 1. The van der Waals surface area contributed by atoms with E-state index in [0.29, 0.717) is 11.8 Å². The third kappa shape index (κ3) is 2.62. The molecule has 4 aliphatic carbocycles. The molecule has 4 rings (SSSR count). The molecule has 0 aliphatic heterocycles. The fraction of sp³-hybridized carbons (Fsp3) is 0.944. The van der Waals surface area contributed by atoms with Crippen LogP contribution in [0.4, 0.5) is 0 Å². The number of rotatable bonds is 2. The van der Waals surface area contributed by atoms with Crippen LogP contribution in [0.3, 0.4) is 0 Å². The molecule has 0 aromatic carbocycles. The average molecular weight is 292 g/mol. The molecule has 0 aromatic rings. The minimum Gasteiger partial charge on any atom is -0.369 e. The first-order valence-corrected chi connectivity index (χ1v) is 9.02. The average Bonchev–Trinajstić information content (AvgIpc) is 3.18. The normalized spacial score (nSPS) is 50.0. The fourth-order valence-corrected chi connectivity index (χ4v) is 6.18. The smallest absolute Gasteiger partial charge is 0.221 e. The summed E-state index contributed by atoms with van der Waals surface area (Å²) in [7, 11) is 0. The molecule has 4 aliphatic rings. The molecule has 4 bridgehead atoms. The number of nitrogens with two attached hydrogens (primary N) is 2. The maximum atomic E-state index is 11.0. The van der Waals surface area contributed by atoms with Crippen molar-refractivity contribution < 1.29 is 4.79 Å². The Kier molecular flexibility index (Phi) is 4.31. The molecule has 4 saturated carbocycles. The summed E-state index contributed by atoms with van der Waals surface area (Å²) >= 11 is 0. The van der Waals surface area contributed by atoms with Crippen LogP contribution in [0.2, 0.25) is 0 Å². The lowest BCUT2D eigenvalue weighted by molar-refractivity contribution is -0.124. The standard InChI is InChI=1S/C9H15NO.C9H17N/c1-5-6-2-3-7(4-6)8(5)9(10)11;1-6-7-2-3-8(4-7)9(6)5-10/h5-8H,2-4H2,1H3,(H2,10,11);6-9H,2-5,10H2,1H3. The molecule has 3 heteroatoms. The third-order valence-corrected chi connectivity index (χ3v) is 7.47. The Balaban J connectivity index is 0.000000126. The van der Waals surface area contributed by atoms with E-state index in [1.165, 1.54) is 38.5 Å². The highest BCUT2D eigenvalue weighted by atomic mass is 16.1. The number of hydrogen-bond donors (Lipinski definition) is 2. The Morgan fingerprint density at radius 2 is 1.43 bits per heavy atom. The molecule has 3 nitrogen and oxygen atoms in total. The summed E-state index contributed by atoms with van der Waals surface area (Å²) in [6, 6.07) is 0. The van der Waals surface area contributed by atoms with Gasteiger partial charge < -0.3 is 11.5 Å². The zero-order valence-electron chi connectivity index (χ0n) is 13.6. The quantitative estimate of drug-likeness (QED) is 0.821.